The number of carboxylic acid groups (broad SMARTS) is 1. The van der Waals surface area contributed by atoms with E-state index < -0.39 is 11.5 Å². The second-order valence-corrected chi connectivity index (χ2v) is 5.88. The van der Waals surface area contributed by atoms with Gasteiger partial charge in [-0.1, -0.05) is 30.3 Å². The van der Waals surface area contributed by atoms with Gasteiger partial charge in [0.05, 0.1) is 0 Å². The van der Waals surface area contributed by atoms with E-state index in [9.17, 15) is 9.59 Å². The molecule has 0 aliphatic rings. The van der Waals surface area contributed by atoms with Gasteiger partial charge in [-0.2, -0.15) is 0 Å². The van der Waals surface area contributed by atoms with Gasteiger partial charge in [-0.05, 0) is 32.3 Å². The fraction of sp³-hybridized carbons (Fsp3) is 0.500. The maximum Gasteiger partial charge on any atom is 0.303 e. The molecule has 116 valence electrons. The lowest BCUT2D eigenvalue weighted by Crippen LogP contribution is -2.43. The van der Waals surface area contributed by atoms with Crippen molar-refractivity contribution in [3.63, 3.8) is 0 Å². The van der Waals surface area contributed by atoms with Crippen LogP contribution in [0, 0.1) is 0 Å². The van der Waals surface area contributed by atoms with E-state index in [0.29, 0.717) is 19.3 Å². The van der Waals surface area contributed by atoms with E-state index >= 15 is 0 Å². The second kappa shape index (κ2) is 7.78. The van der Waals surface area contributed by atoms with E-state index in [4.69, 9.17) is 10.8 Å². The van der Waals surface area contributed by atoms with Gasteiger partial charge in [0.1, 0.15) is 0 Å². The third-order valence-electron chi connectivity index (χ3n) is 3.35. The van der Waals surface area contributed by atoms with Crippen molar-refractivity contribution >= 4 is 11.9 Å². The normalized spacial score (nSPS) is 12.7. The van der Waals surface area contributed by atoms with Crippen molar-refractivity contribution in [2.45, 2.75) is 51.1 Å². The summed E-state index contributed by atoms with van der Waals surface area (Å²) in [5, 5.41) is 11.5. The Morgan fingerprint density at radius 2 is 1.86 bits per heavy atom. The molecule has 1 rings (SSSR count). The molecular formula is C16H24N2O3. The summed E-state index contributed by atoms with van der Waals surface area (Å²) in [6.07, 6.45) is 1.33. The van der Waals surface area contributed by atoms with E-state index in [-0.39, 0.29) is 18.4 Å². The molecule has 5 heteroatoms. The van der Waals surface area contributed by atoms with Gasteiger partial charge in [-0.25, -0.2) is 0 Å². The van der Waals surface area contributed by atoms with Crippen LogP contribution in [0.25, 0.3) is 0 Å². The van der Waals surface area contributed by atoms with Crippen LogP contribution < -0.4 is 11.1 Å². The molecule has 4 N–H and O–H groups in total. The lowest BCUT2D eigenvalue weighted by atomic mass is 9.97. The minimum atomic E-state index is -0.858. The number of benzene rings is 1. The molecule has 0 bridgehead atoms. The van der Waals surface area contributed by atoms with E-state index in [1.54, 1.807) is 0 Å². The molecule has 1 unspecified atom stereocenters. The Hall–Kier alpha value is -1.88. The maximum absolute atomic E-state index is 11.9. The van der Waals surface area contributed by atoms with Crippen LogP contribution in [0.5, 0.6) is 0 Å². The standard InChI is InChI=1S/C16H24N2O3/c1-16(2,11-10-15(20)21)18-14(19)9-8-13(17)12-6-4-3-5-7-12/h3-7,13H,8-11,17H2,1-2H3,(H,18,19)(H,20,21). The summed E-state index contributed by atoms with van der Waals surface area (Å²) in [6, 6.07) is 9.49. The molecule has 0 heterocycles. The number of amides is 1. The zero-order valence-corrected chi connectivity index (χ0v) is 12.6. The Balaban J connectivity index is 2.38. The summed E-state index contributed by atoms with van der Waals surface area (Å²) in [6.45, 7) is 3.65. The first-order valence-corrected chi connectivity index (χ1v) is 7.13. The minimum Gasteiger partial charge on any atom is -0.481 e. The van der Waals surface area contributed by atoms with Gasteiger partial charge in [0.15, 0.2) is 0 Å². The number of carbonyl (C=O) groups excluding carboxylic acids is 1. The summed E-state index contributed by atoms with van der Waals surface area (Å²) >= 11 is 0. The van der Waals surface area contributed by atoms with Crippen LogP contribution in [0.2, 0.25) is 0 Å². The molecule has 0 saturated carbocycles. The topological polar surface area (TPSA) is 92.4 Å². The van der Waals surface area contributed by atoms with Gasteiger partial charge in [0.2, 0.25) is 5.91 Å². The molecule has 1 aromatic rings. The Morgan fingerprint density at radius 3 is 2.43 bits per heavy atom. The van der Waals surface area contributed by atoms with Gasteiger partial charge in [-0.15, -0.1) is 0 Å². The number of aliphatic carboxylic acids is 1. The monoisotopic (exact) mass is 292 g/mol. The zero-order valence-electron chi connectivity index (χ0n) is 12.6. The van der Waals surface area contributed by atoms with Crippen molar-refractivity contribution in [2.24, 2.45) is 5.73 Å². The van der Waals surface area contributed by atoms with Gasteiger partial charge in [0, 0.05) is 24.4 Å². The molecule has 21 heavy (non-hydrogen) atoms. The summed E-state index contributed by atoms with van der Waals surface area (Å²) in [5.41, 5.74) is 6.54. The molecule has 0 aromatic heterocycles. The van der Waals surface area contributed by atoms with Crippen molar-refractivity contribution in [1.29, 1.82) is 0 Å². The maximum atomic E-state index is 11.9. The van der Waals surface area contributed by atoms with E-state index in [0.717, 1.165) is 5.56 Å². The lowest BCUT2D eigenvalue weighted by Gasteiger charge is -2.26. The van der Waals surface area contributed by atoms with Crippen molar-refractivity contribution in [2.75, 3.05) is 0 Å². The third kappa shape index (κ3) is 6.90. The van der Waals surface area contributed by atoms with Gasteiger partial charge < -0.3 is 16.2 Å². The first-order chi connectivity index (χ1) is 9.80. The minimum absolute atomic E-state index is 0.0385. The predicted octanol–water partition coefficient (Wildman–Crippen LogP) is 2.23. The zero-order chi connectivity index (χ0) is 15.9. The molecule has 0 saturated heterocycles. The van der Waals surface area contributed by atoms with Crippen LogP contribution in [-0.4, -0.2) is 22.5 Å². The smallest absolute Gasteiger partial charge is 0.303 e. The number of carboxylic acids is 1. The van der Waals surface area contributed by atoms with Crippen molar-refractivity contribution in [1.82, 2.24) is 5.32 Å². The number of nitrogens with two attached hydrogens (primary N) is 1. The quantitative estimate of drug-likeness (QED) is 0.685. The predicted molar refractivity (Wildman–Crippen MR) is 81.7 cm³/mol. The van der Waals surface area contributed by atoms with Gasteiger partial charge in [0.25, 0.3) is 0 Å². The average Bonchev–Trinajstić information content (AvgIpc) is 2.43. The fourth-order valence-corrected chi connectivity index (χ4v) is 2.08. The fourth-order valence-electron chi connectivity index (χ4n) is 2.08. The molecule has 1 aromatic carbocycles. The van der Waals surface area contributed by atoms with Crippen LogP contribution in [0.4, 0.5) is 0 Å². The van der Waals surface area contributed by atoms with Crippen LogP contribution in [-0.2, 0) is 9.59 Å². The number of rotatable bonds is 8. The Kier molecular flexibility index (Phi) is 6.37. The highest BCUT2D eigenvalue weighted by Crippen LogP contribution is 2.16. The summed E-state index contributed by atoms with van der Waals surface area (Å²) < 4.78 is 0. The average molecular weight is 292 g/mol. The molecule has 0 fully saturated rings. The lowest BCUT2D eigenvalue weighted by molar-refractivity contribution is -0.137. The van der Waals surface area contributed by atoms with Gasteiger partial charge in [-0.3, -0.25) is 9.59 Å². The Labute approximate surface area is 125 Å². The van der Waals surface area contributed by atoms with E-state index in [1.165, 1.54) is 0 Å². The van der Waals surface area contributed by atoms with Gasteiger partial charge >= 0.3 is 5.97 Å². The second-order valence-electron chi connectivity index (χ2n) is 5.88. The van der Waals surface area contributed by atoms with E-state index in [2.05, 4.69) is 5.32 Å². The number of hydrogen-bond acceptors (Lipinski definition) is 3. The number of hydrogen-bond donors (Lipinski definition) is 3. The van der Waals surface area contributed by atoms with Crippen LogP contribution in [0.1, 0.15) is 51.1 Å². The SMILES string of the molecule is CC(C)(CCC(=O)O)NC(=O)CCC(N)c1ccccc1. The summed E-state index contributed by atoms with van der Waals surface area (Å²) in [4.78, 5) is 22.5. The molecule has 0 aliphatic carbocycles. The molecule has 0 radical (unpaired) electrons. The highest BCUT2D eigenvalue weighted by Gasteiger charge is 2.21. The molecule has 1 amide bonds. The number of carbonyl (C=O) groups is 2. The highest BCUT2D eigenvalue weighted by molar-refractivity contribution is 5.76. The van der Waals surface area contributed by atoms with Crippen molar-refractivity contribution in [3.05, 3.63) is 35.9 Å². The molecular weight excluding hydrogens is 268 g/mol. The van der Waals surface area contributed by atoms with Crippen LogP contribution >= 0.6 is 0 Å². The third-order valence-corrected chi connectivity index (χ3v) is 3.35. The van der Waals surface area contributed by atoms with E-state index in [1.807, 2.05) is 44.2 Å². The first-order valence-electron chi connectivity index (χ1n) is 7.13. The molecule has 1 atom stereocenters. The van der Waals surface area contributed by atoms with Crippen molar-refractivity contribution < 1.29 is 14.7 Å². The van der Waals surface area contributed by atoms with Crippen LogP contribution in [0.15, 0.2) is 30.3 Å². The van der Waals surface area contributed by atoms with Crippen LogP contribution in [0.3, 0.4) is 0 Å². The first kappa shape index (κ1) is 17.2. The summed E-state index contributed by atoms with van der Waals surface area (Å²) in [7, 11) is 0. The molecule has 0 aliphatic heterocycles. The Morgan fingerprint density at radius 1 is 1.24 bits per heavy atom. The number of nitrogens with one attached hydrogen (secondary N) is 1. The van der Waals surface area contributed by atoms with Crippen molar-refractivity contribution in [3.8, 4) is 0 Å². The Bertz CT molecular complexity index is 472. The molecule has 5 nitrogen and oxygen atoms in total. The summed E-state index contributed by atoms with van der Waals surface area (Å²) in [5.74, 6) is -0.958. The highest BCUT2D eigenvalue weighted by atomic mass is 16.4. The largest absolute Gasteiger partial charge is 0.481 e. The molecule has 0 spiro atoms.